The van der Waals surface area contributed by atoms with Crippen molar-refractivity contribution < 1.29 is 19.5 Å². The Morgan fingerprint density at radius 2 is 2.00 bits per heavy atom. The summed E-state index contributed by atoms with van der Waals surface area (Å²) in [5.41, 5.74) is 0.917. The van der Waals surface area contributed by atoms with E-state index in [2.05, 4.69) is 10.6 Å². The summed E-state index contributed by atoms with van der Waals surface area (Å²) in [5.74, 6) is -0.597. The van der Waals surface area contributed by atoms with E-state index in [9.17, 15) is 19.5 Å². The number of amides is 3. The zero-order valence-electron chi connectivity index (χ0n) is 14.4. The Balaban J connectivity index is 1.57. The van der Waals surface area contributed by atoms with E-state index in [4.69, 9.17) is 0 Å². The molecule has 1 aromatic carbocycles. The summed E-state index contributed by atoms with van der Waals surface area (Å²) >= 11 is 0. The molecule has 3 amide bonds. The fraction of sp³-hybridized carbons (Fsp3) is 0.421. The molecule has 0 aliphatic carbocycles. The number of carbonyl (C=O) groups excluding carboxylic acids is 3. The molecule has 0 saturated carbocycles. The molecule has 0 unspecified atom stereocenters. The van der Waals surface area contributed by atoms with Crippen molar-refractivity contribution in [2.45, 2.75) is 37.5 Å². The summed E-state index contributed by atoms with van der Waals surface area (Å²) in [5, 5.41) is 15.5. The van der Waals surface area contributed by atoms with Gasteiger partial charge in [-0.05, 0) is 24.5 Å². The van der Waals surface area contributed by atoms with E-state index in [1.54, 1.807) is 6.08 Å². The van der Waals surface area contributed by atoms with Crippen LogP contribution in [0.3, 0.4) is 0 Å². The number of aliphatic hydroxyl groups excluding tert-OH is 1. The molecule has 2 heterocycles. The van der Waals surface area contributed by atoms with E-state index in [0.717, 1.165) is 5.56 Å². The largest absolute Gasteiger partial charge is 0.391 e. The molecule has 26 heavy (non-hydrogen) atoms. The van der Waals surface area contributed by atoms with E-state index >= 15 is 0 Å². The molecule has 2 aliphatic heterocycles. The number of benzene rings is 1. The van der Waals surface area contributed by atoms with Crippen LogP contribution in [-0.4, -0.2) is 59.0 Å². The van der Waals surface area contributed by atoms with Gasteiger partial charge in [0.1, 0.15) is 6.04 Å². The van der Waals surface area contributed by atoms with Crippen LogP contribution < -0.4 is 10.6 Å². The molecule has 0 radical (unpaired) electrons. The Labute approximate surface area is 152 Å². The van der Waals surface area contributed by atoms with Gasteiger partial charge in [0.2, 0.25) is 17.7 Å². The molecular formula is C19H23N3O4. The number of β-amino-alcohol motifs (C(OH)–C–C–N with tert-alkyl or cyclic N) is 1. The van der Waals surface area contributed by atoms with Crippen molar-refractivity contribution >= 4 is 23.8 Å². The second-order valence-corrected chi connectivity index (χ2v) is 6.74. The molecule has 3 atom stereocenters. The van der Waals surface area contributed by atoms with Crippen molar-refractivity contribution in [2.24, 2.45) is 0 Å². The maximum Gasteiger partial charge on any atom is 0.246 e. The Morgan fingerprint density at radius 1 is 1.23 bits per heavy atom. The molecule has 1 aromatic rings. The van der Waals surface area contributed by atoms with E-state index in [1.165, 1.54) is 11.0 Å². The summed E-state index contributed by atoms with van der Waals surface area (Å²) < 4.78 is 0. The minimum atomic E-state index is -0.693. The molecule has 3 N–H and O–H groups in total. The lowest BCUT2D eigenvalue weighted by Gasteiger charge is -2.35. The molecule has 7 nitrogen and oxygen atoms in total. The normalized spacial score (nSPS) is 26.0. The van der Waals surface area contributed by atoms with Crippen LogP contribution in [0.5, 0.6) is 0 Å². The number of piperidine rings is 1. The molecule has 0 bridgehead atoms. The van der Waals surface area contributed by atoms with Crippen LogP contribution in [0.15, 0.2) is 36.4 Å². The van der Waals surface area contributed by atoms with Crippen molar-refractivity contribution in [1.29, 1.82) is 0 Å². The van der Waals surface area contributed by atoms with Gasteiger partial charge in [0.05, 0.1) is 6.10 Å². The number of hydrogen-bond acceptors (Lipinski definition) is 4. The Kier molecular flexibility index (Phi) is 5.68. The summed E-state index contributed by atoms with van der Waals surface area (Å²) in [6.07, 6.45) is 3.72. The van der Waals surface area contributed by atoms with Crippen LogP contribution in [0.4, 0.5) is 0 Å². The van der Waals surface area contributed by atoms with Crippen LogP contribution in [0, 0.1) is 0 Å². The van der Waals surface area contributed by atoms with Gasteiger partial charge in [-0.15, -0.1) is 0 Å². The molecule has 0 aromatic heterocycles. The van der Waals surface area contributed by atoms with Gasteiger partial charge in [-0.1, -0.05) is 30.3 Å². The third-order valence-corrected chi connectivity index (χ3v) is 4.62. The summed E-state index contributed by atoms with van der Waals surface area (Å²) in [6.45, 7) is 0.575. The van der Waals surface area contributed by atoms with E-state index in [-0.39, 0.29) is 30.3 Å². The lowest BCUT2D eigenvalue weighted by molar-refractivity contribution is -0.132. The predicted octanol–water partition coefficient (Wildman–Crippen LogP) is 0.0564. The summed E-state index contributed by atoms with van der Waals surface area (Å²) in [7, 11) is 0. The van der Waals surface area contributed by atoms with E-state index in [1.807, 2.05) is 30.3 Å². The lowest BCUT2D eigenvalue weighted by Crippen LogP contribution is -2.56. The maximum atomic E-state index is 12.4. The van der Waals surface area contributed by atoms with Gasteiger partial charge >= 0.3 is 0 Å². The predicted molar refractivity (Wildman–Crippen MR) is 95.8 cm³/mol. The van der Waals surface area contributed by atoms with E-state index in [0.29, 0.717) is 25.8 Å². The molecule has 138 valence electrons. The van der Waals surface area contributed by atoms with Crippen LogP contribution in [0.1, 0.15) is 24.8 Å². The first-order valence-electron chi connectivity index (χ1n) is 8.81. The fourth-order valence-corrected chi connectivity index (χ4v) is 3.31. The third kappa shape index (κ3) is 4.70. The maximum absolute atomic E-state index is 12.4. The van der Waals surface area contributed by atoms with Crippen molar-refractivity contribution in [2.75, 3.05) is 13.1 Å². The first-order valence-corrected chi connectivity index (χ1v) is 8.81. The topological polar surface area (TPSA) is 98.7 Å². The standard InChI is InChI=1S/C19H23N3O4/c23-15-10-14(20-19(26)16-7-8-17(24)21-16)11-22(12-15)18(25)9-6-13-4-2-1-3-5-13/h1-6,9,14-16,23H,7-8,10-12H2,(H,20,26)(H,21,24)/b9-6+/t14-,15+,16+/m0/s1. The third-order valence-electron chi connectivity index (χ3n) is 4.62. The average molecular weight is 357 g/mol. The highest BCUT2D eigenvalue weighted by atomic mass is 16.3. The quantitative estimate of drug-likeness (QED) is 0.664. The van der Waals surface area contributed by atoms with Crippen molar-refractivity contribution in [1.82, 2.24) is 15.5 Å². The molecule has 2 fully saturated rings. The number of likely N-dealkylation sites (tertiary alicyclic amines) is 1. The molecule has 2 aliphatic rings. The number of nitrogens with one attached hydrogen (secondary N) is 2. The minimum absolute atomic E-state index is 0.128. The number of hydrogen-bond donors (Lipinski definition) is 3. The van der Waals surface area contributed by atoms with E-state index < -0.39 is 12.1 Å². The molecule has 0 spiro atoms. The first-order chi connectivity index (χ1) is 12.5. The zero-order chi connectivity index (χ0) is 18.5. The first kappa shape index (κ1) is 18.1. The summed E-state index contributed by atoms with van der Waals surface area (Å²) in [4.78, 5) is 37.4. The highest BCUT2D eigenvalue weighted by Crippen LogP contribution is 2.14. The van der Waals surface area contributed by atoms with Gasteiger partial charge in [-0.2, -0.15) is 0 Å². The summed E-state index contributed by atoms with van der Waals surface area (Å²) in [6, 6.07) is 8.62. The molecule has 2 saturated heterocycles. The zero-order valence-corrected chi connectivity index (χ0v) is 14.4. The van der Waals surface area contributed by atoms with Gasteiger partial charge in [0.15, 0.2) is 0 Å². The average Bonchev–Trinajstić information content (AvgIpc) is 3.06. The highest BCUT2D eigenvalue weighted by molar-refractivity contribution is 5.92. The number of aliphatic hydroxyl groups is 1. The van der Waals surface area contributed by atoms with Crippen molar-refractivity contribution in [3.63, 3.8) is 0 Å². The lowest BCUT2D eigenvalue weighted by atomic mass is 10.0. The SMILES string of the molecule is O=C1CC[C@H](C(=O)N[C@H]2C[C@@H](O)CN(C(=O)/C=C/c3ccccc3)C2)N1. The minimum Gasteiger partial charge on any atom is -0.391 e. The monoisotopic (exact) mass is 357 g/mol. The number of nitrogens with zero attached hydrogens (tertiary/aromatic N) is 1. The smallest absolute Gasteiger partial charge is 0.246 e. The van der Waals surface area contributed by atoms with Gasteiger partial charge in [-0.3, -0.25) is 14.4 Å². The number of rotatable bonds is 4. The second kappa shape index (κ2) is 8.14. The Morgan fingerprint density at radius 3 is 2.69 bits per heavy atom. The molecular weight excluding hydrogens is 334 g/mol. The van der Waals surface area contributed by atoms with Crippen LogP contribution in [0.25, 0.3) is 6.08 Å². The Hall–Kier alpha value is -2.67. The number of carbonyl (C=O) groups is 3. The van der Waals surface area contributed by atoms with Crippen LogP contribution >= 0.6 is 0 Å². The van der Waals surface area contributed by atoms with Crippen LogP contribution in [0.2, 0.25) is 0 Å². The van der Waals surface area contributed by atoms with Gasteiger partial charge in [0.25, 0.3) is 0 Å². The van der Waals surface area contributed by atoms with Crippen molar-refractivity contribution in [3.8, 4) is 0 Å². The van der Waals surface area contributed by atoms with Crippen molar-refractivity contribution in [3.05, 3.63) is 42.0 Å². The van der Waals surface area contributed by atoms with Crippen LogP contribution in [-0.2, 0) is 14.4 Å². The van der Waals surface area contributed by atoms with Gasteiger partial charge in [-0.25, -0.2) is 0 Å². The molecule has 7 heteroatoms. The molecule has 3 rings (SSSR count). The Bertz CT molecular complexity index is 704. The van der Waals surface area contributed by atoms with Gasteiger partial charge < -0.3 is 20.6 Å². The fourth-order valence-electron chi connectivity index (χ4n) is 3.31. The second-order valence-electron chi connectivity index (χ2n) is 6.74. The van der Waals surface area contributed by atoms with Gasteiger partial charge in [0, 0.05) is 31.6 Å². The highest BCUT2D eigenvalue weighted by Gasteiger charge is 2.32.